The van der Waals surface area contributed by atoms with Gasteiger partial charge < -0.3 is 29.9 Å². The van der Waals surface area contributed by atoms with Crippen LogP contribution in [0.1, 0.15) is 125 Å². The van der Waals surface area contributed by atoms with E-state index in [4.69, 9.17) is 44.4 Å². The van der Waals surface area contributed by atoms with Crippen molar-refractivity contribution in [3.63, 3.8) is 0 Å². The van der Waals surface area contributed by atoms with Gasteiger partial charge in [0.15, 0.2) is 17.0 Å². The van der Waals surface area contributed by atoms with Crippen LogP contribution in [0.2, 0.25) is 15.1 Å². The number of hydroxylamine groups is 2. The Morgan fingerprint density at radius 1 is 0.942 bits per heavy atom. The molecule has 5 N–H and O–H groups in total. The SMILES string of the molecule is CC1CC(C)(C)Nc2c1cc1c(c2S(=O)(=O)[O-])Oc2c(S(=O)(=O)O)c3c(cc2=C1c1c(Cl)c(SCC(=O)NCCCCCC(=O)ON2C(=O)C=CC2=O)c(Cl)c(Cl)c1C(=O)O)C(C)CC(C)(C)[NH+]=3.[Na]. The summed E-state index contributed by atoms with van der Waals surface area (Å²) in [6.07, 6.45) is 3.91. The van der Waals surface area contributed by atoms with E-state index in [1.54, 1.807) is 27.7 Å². The van der Waals surface area contributed by atoms with Crippen LogP contribution < -0.4 is 30.9 Å². The van der Waals surface area contributed by atoms with Crippen molar-refractivity contribution in [2.45, 2.75) is 118 Å². The fraction of sp³-hybridized carbons (Fsp3) is 0.409. The first-order chi connectivity index (χ1) is 31.5. The number of carbonyl (C=O) groups is 5. The van der Waals surface area contributed by atoms with Gasteiger partial charge in [0, 0.05) is 99.0 Å². The molecule has 3 amide bonds. The van der Waals surface area contributed by atoms with Crippen LogP contribution in [-0.4, -0.2) is 119 Å². The van der Waals surface area contributed by atoms with Gasteiger partial charge in [-0.1, -0.05) is 60.1 Å². The molecule has 3 aromatic carbocycles. The van der Waals surface area contributed by atoms with Crippen molar-refractivity contribution in [3.05, 3.63) is 77.7 Å². The van der Waals surface area contributed by atoms with Gasteiger partial charge >= 0.3 is 22.1 Å². The molecule has 0 saturated heterocycles. The van der Waals surface area contributed by atoms with Gasteiger partial charge in [-0.3, -0.25) is 18.9 Å². The van der Waals surface area contributed by atoms with E-state index in [-0.39, 0.29) is 91.2 Å². The molecule has 0 saturated carbocycles. The Morgan fingerprint density at radius 2 is 1.58 bits per heavy atom. The Morgan fingerprint density at radius 3 is 2.19 bits per heavy atom. The van der Waals surface area contributed by atoms with Crippen LogP contribution >= 0.6 is 46.6 Å². The summed E-state index contributed by atoms with van der Waals surface area (Å²) in [7, 11) is -10.8. The van der Waals surface area contributed by atoms with E-state index in [2.05, 4.69) is 15.6 Å². The van der Waals surface area contributed by atoms with E-state index in [0.717, 1.165) is 23.9 Å². The van der Waals surface area contributed by atoms with E-state index in [9.17, 15) is 55.0 Å². The summed E-state index contributed by atoms with van der Waals surface area (Å²) in [6.45, 7) is 11.0. The summed E-state index contributed by atoms with van der Waals surface area (Å²) in [4.78, 5) is 68.1. The number of imide groups is 1. The van der Waals surface area contributed by atoms with Crippen molar-refractivity contribution in [1.82, 2.24) is 10.4 Å². The van der Waals surface area contributed by atoms with E-state index < -0.39 is 110 Å². The average molecular weight is 1080 g/mol. The summed E-state index contributed by atoms with van der Waals surface area (Å²) in [6, 6.07) is 3.04. The molecule has 4 aliphatic heterocycles. The number of carbonyl (C=O) groups excluding carboxylic acids is 4. The molecule has 0 aliphatic carbocycles. The van der Waals surface area contributed by atoms with Crippen LogP contribution in [0.15, 0.2) is 39.0 Å². The standard InChI is InChI=1S/C44H45Cl3N4O14S3.Na/c1-19-16-43(3,4)49-35-21(19)14-23-29(24-15-22-20(2)17-44(5,6)50-36(22)41(68(61,62)63)38(24)64-37(23)40(35)67(58,59)60)30-31(42(56)57)32(45)34(47)39(33(30)46)66-18-25(52)48-13-9-7-8-10-28(55)65-51-26(53)11-12-27(51)54;/h11-12,14-15,19-20,49H,7-10,13,16-18H2,1-6H3,(H,48,52)(H,56,57)(H,58,59,60)(H,61,62,63);. The number of fused-ring (bicyclic) bond motifs is 4. The second-order valence-electron chi connectivity index (χ2n) is 18.3. The number of halogens is 3. The molecule has 25 heteroatoms. The molecule has 7 rings (SSSR count). The number of nitrogens with one attached hydrogen (secondary N) is 3. The molecular weight excluding hydrogens is 1030 g/mol. The van der Waals surface area contributed by atoms with E-state index in [1.807, 2.05) is 13.8 Å². The predicted molar refractivity (Wildman–Crippen MR) is 253 cm³/mol. The molecule has 0 fully saturated rings. The number of hydrogen-bond donors (Lipinski definition) is 5. The van der Waals surface area contributed by atoms with Crippen LogP contribution in [0.5, 0.6) is 11.5 Å². The molecule has 365 valence electrons. The molecule has 18 nitrogen and oxygen atoms in total. The minimum atomic E-state index is -5.53. The second-order valence-corrected chi connectivity index (χ2v) is 23.1. The van der Waals surface area contributed by atoms with Crippen LogP contribution in [0, 0.1) is 0 Å². The number of carboxylic acids is 1. The number of aromatic carboxylic acids is 1. The maximum Gasteiger partial charge on any atom is 0.337 e. The summed E-state index contributed by atoms with van der Waals surface area (Å²) in [5, 5.41) is 15.6. The number of ether oxygens (including phenoxy) is 1. The Labute approximate surface area is 438 Å². The van der Waals surface area contributed by atoms with Gasteiger partial charge in [-0.15, -0.1) is 11.8 Å². The van der Waals surface area contributed by atoms with Gasteiger partial charge in [0.05, 0.1) is 32.1 Å². The zero-order chi connectivity index (χ0) is 50.2. The number of unbranched alkanes of at least 4 members (excludes halogenated alkanes) is 2. The number of anilines is 1. The third kappa shape index (κ3) is 10.9. The minimum Gasteiger partial charge on any atom is -0.744 e. The fourth-order valence-electron chi connectivity index (χ4n) is 9.27. The predicted octanol–water partition coefficient (Wildman–Crippen LogP) is 4.30. The maximum atomic E-state index is 13.7. The van der Waals surface area contributed by atoms with Crippen LogP contribution in [0.3, 0.4) is 0 Å². The number of amides is 3. The molecule has 0 aromatic heterocycles. The van der Waals surface area contributed by atoms with Crippen molar-refractivity contribution >= 4 is 137 Å². The Bertz CT molecular complexity index is 3150. The van der Waals surface area contributed by atoms with Gasteiger partial charge in [-0.2, -0.15) is 8.42 Å². The van der Waals surface area contributed by atoms with Crippen molar-refractivity contribution in [2.75, 3.05) is 17.6 Å². The first-order valence-electron chi connectivity index (χ1n) is 21.1. The number of hydrogen-bond acceptors (Lipinski definition) is 14. The third-order valence-corrected chi connectivity index (χ3v) is 16.2. The molecule has 0 spiro atoms. The largest absolute Gasteiger partial charge is 0.744 e. The molecule has 4 aliphatic rings. The van der Waals surface area contributed by atoms with Crippen molar-refractivity contribution in [3.8, 4) is 11.5 Å². The minimum absolute atomic E-state index is 0. The summed E-state index contributed by atoms with van der Waals surface area (Å²) >= 11 is 21.6. The number of benzene rings is 3. The van der Waals surface area contributed by atoms with Gasteiger partial charge in [0.1, 0.15) is 15.0 Å². The zero-order valence-corrected chi connectivity index (χ0v) is 44.9. The van der Waals surface area contributed by atoms with E-state index in [0.29, 0.717) is 48.3 Å². The Hall–Kier alpha value is -3.74. The topological polar surface area (TPSA) is 277 Å². The summed E-state index contributed by atoms with van der Waals surface area (Å²) < 4.78 is 85.3. The molecule has 3 aromatic rings. The average Bonchev–Trinajstić information content (AvgIpc) is 3.51. The molecular formula is C44H45Cl3N4NaO14S3. The van der Waals surface area contributed by atoms with E-state index >= 15 is 0 Å². The second kappa shape index (κ2) is 20.0. The quantitative estimate of drug-likeness (QED) is 0.0294. The Kier molecular flexibility index (Phi) is 15.9. The van der Waals surface area contributed by atoms with Gasteiger partial charge in [-0.05, 0) is 76.5 Å². The molecule has 4 heterocycles. The van der Waals surface area contributed by atoms with Crippen LogP contribution in [0.4, 0.5) is 5.69 Å². The van der Waals surface area contributed by atoms with Crippen molar-refractivity contribution < 1.29 is 69.6 Å². The van der Waals surface area contributed by atoms with Gasteiger partial charge in [0.2, 0.25) is 16.2 Å². The summed E-state index contributed by atoms with van der Waals surface area (Å²) in [5.41, 5.74) is -2.41. The van der Waals surface area contributed by atoms with Crippen molar-refractivity contribution in [1.29, 1.82) is 0 Å². The van der Waals surface area contributed by atoms with Crippen LogP contribution in [0.25, 0.3) is 5.57 Å². The molecule has 2 atom stereocenters. The number of thioether (sulfide) groups is 1. The van der Waals surface area contributed by atoms with Gasteiger partial charge in [0.25, 0.3) is 11.8 Å². The molecule has 1 radical (unpaired) electrons. The first kappa shape index (κ1) is 54.6. The van der Waals surface area contributed by atoms with Gasteiger partial charge in [-0.25, -0.2) is 23.0 Å². The first-order valence-corrected chi connectivity index (χ1v) is 26.1. The van der Waals surface area contributed by atoms with E-state index in [1.165, 1.54) is 12.1 Å². The normalized spacial score (nSPS) is 18.7. The summed E-state index contributed by atoms with van der Waals surface area (Å²) in [5.74, 6) is -7.00. The monoisotopic (exact) mass is 1080 g/mol. The Balaban J connectivity index is 0.00000782. The van der Waals surface area contributed by atoms with Crippen LogP contribution in [-0.2, 0) is 44.3 Å². The number of rotatable bonds is 14. The van der Waals surface area contributed by atoms with Crippen molar-refractivity contribution in [2.24, 2.45) is 0 Å². The smallest absolute Gasteiger partial charge is 0.337 e. The zero-order valence-electron chi connectivity index (χ0n) is 38.2. The molecule has 0 bridgehead atoms. The number of carboxylic acid groups (broad SMARTS) is 1. The molecule has 69 heavy (non-hydrogen) atoms. The maximum absolute atomic E-state index is 13.7. The molecule has 2 unspecified atom stereocenters. The fourth-order valence-corrected chi connectivity index (χ4v) is 12.9. The third-order valence-electron chi connectivity index (χ3n) is 11.8. The number of nitrogens with zero attached hydrogens (tertiary/aromatic N) is 1.